The Morgan fingerprint density at radius 3 is 2.35 bits per heavy atom. The second-order valence-electron chi connectivity index (χ2n) is 7.39. The Hall–Kier alpha value is -2.14. The average Bonchev–Trinajstić information content (AvgIpc) is 2.74. The average molecular weight is 352 g/mol. The molecule has 26 heavy (non-hydrogen) atoms. The molecule has 1 aromatic heterocycles. The van der Waals surface area contributed by atoms with Gasteiger partial charge < -0.3 is 15.0 Å². The van der Waals surface area contributed by atoms with E-state index in [9.17, 15) is 0 Å². The maximum atomic E-state index is 5.43. The van der Waals surface area contributed by atoms with Crippen molar-refractivity contribution in [1.29, 1.82) is 0 Å². The third-order valence-electron chi connectivity index (χ3n) is 5.95. The summed E-state index contributed by atoms with van der Waals surface area (Å²) >= 11 is 0. The van der Waals surface area contributed by atoms with Crippen molar-refractivity contribution in [2.24, 2.45) is 11.8 Å². The van der Waals surface area contributed by atoms with Crippen LogP contribution in [0.5, 0.6) is 5.75 Å². The van der Waals surface area contributed by atoms with Gasteiger partial charge in [0.25, 0.3) is 0 Å². The summed E-state index contributed by atoms with van der Waals surface area (Å²) in [6.07, 6.45) is 5.25. The van der Waals surface area contributed by atoms with E-state index in [1.807, 2.05) is 24.3 Å². The predicted molar refractivity (Wildman–Crippen MR) is 105 cm³/mol. The molecule has 2 aliphatic heterocycles. The zero-order valence-electron chi connectivity index (χ0n) is 15.5. The summed E-state index contributed by atoms with van der Waals surface area (Å²) in [5, 5.41) is 12.4. The van der Waals surface area contributed by atoms with Gasteiger partial charge in [-0.3, -0.25) is 0 Å². The highest BCUT2D eigenvalue weighted by atomic mass is 16.5. The molecule has 2 saturated heterocycles. The number of piperidine rings is 2. The SMILES string of the molecule is COc1ccccc1-c1ccc(N2CCC(C3CCNCC3)CC2)nn1. The summed E-state index contributed by atoms with van der Waals surface area (Å²) in [5.41, 5.74) is 1.84. The summed E-state index contributed by atoms with van der Waals surface area (Å²) in [6.45, 7) is 4.58. The van der Waals surface area contributed by atoms with Crippen LogP contribution in [0.1, 0.15) is 25.7 Å². The summed E-state index contributed by atoms with van der Waals surface area (Å²) in [4.78, 5) is 2.39. The number of hydrogen-bond donors (Lipinski definition) is 1. The van der Waals surface area contributed by atoms with Crippen LogP contribution in [0.3, 0.4) is 0 Å². The molecule has 0 unspecified atom stereocenters. The molecule has 3 heterocycles. The van der Waals surface area contributed by atoms with Gasteiger partial charge in [-0.15, -0.1) is 10.2 Å². The molecule has 0 radical (unpaired) electrons. The lowest BCUT2D eigenvalue weighted by Gasteiger charge is -2.38. The molecule has 1 aromatic carbocycles. The number of methoxy groups -OCH3 is 1. The van der Waals surface area contributed by atoms with Crippen LogP contribution in [0, 0.1) is 11.8 Å². The van der Waals surface area contributed by atoms with Crippen molar-refractivity contribution in [3.05, 3.63) is 36.4 Å². The third-order valence-corrected chi connectivity index (χ3v) is 5.95. The largest absolute Gasteiger partial charge is 0.496 e. The lowest BCUT2D eigenvalue weighted by molar-refractivity contribution is 0.221. The fraction of sp³-hybridized carbons (Fsp3) is 0.524. The topological polar surface area (TPSA) is 50.3 Å². The third kappa shape index (κ3) is 3.68. The van der Waals surface area contributed by atoms with Crippen molar-refractivity contribution in [2.45, 2.75) is 25.7 Å². The maximum absolute atomic E-state index is 5.43. The highest BCUT2D eigenvalue weighted by molar-refractivity contribution is 5.67. The highest BCUT2D eigenvalue weighted by Gasteiger charge is 2.28. The molecule has 0 amide bonds. The zero-order chi connectivity index (χ0) is 17.8. The van der Waals surface area contributed by atoms with Crippen LogP contribution in [0.2, 0.25) is 0 Å². The lowest BCUT2D eigenvalue weighted by Crippen LogP contribution is -2.39. The van der Waals surface area contributed by atoms with Crippen LogP contribution in [-0.2, 0) is 0 Å². The number of nitrogens with zero attached hydrogens (tertiary/aromatic N) is 3. The Kier molecular flexibility index (Phi) is 5.34. The number of aromatic nitrogens is 2. The first kappa shape index (κ1) is 17.3. The summed E-state index contributed by atoms with van der Waals surface area (Å²) in [5.74, 6) is 3.62. The van der Waals surface area contributed by atoms with E-state index in [4.69, 9.17) is 4.74 Å². The van der Waals surface area contributed by atoms with Crippen molar-refractivity contribution >= 4 is 5.82 Å². The van der Waals surface area contributed by atoms with Crippen LogP contribution in [0.25, 0.3) is 11.3 Å². The maximum Gasteiger partial charge on any atom is 0.151 e. The molecule has 138 valence electrons. The summed E-state index contributed by atoms with van der Waals surface area (Å²) < 4.78 is 5.43. The van der Waals surface area contributed by atoms with Crippen molar-refractivity contribution < 1.29 is 4.74 Å². The van der Waals surface area contributed by atoms with E-state index < -0.39 is 0 Å². The smallest absolute Gasteiger partial charge is 0.151 e. The van der Waals surface area contributed by atoms with Crippen LogP contribution < -0.4 is 15.0 Å². The minimum atomic E-state index is 0.831. The van der Waals surface area contributed by atoms with E-state index in [0.29, 0.717) is 0 Å². The zero-order valence-corrected chi connectivity index (χ0v) is 15.5. The van der Waals surface area contributed by atoms with Gasteiger partial charge in [-0.1, -0.05) is 12.1 Å². The predicted octanol–water partition coefficient (Wildman–Crippen LogP) is 3.37. The molecule has 0 aliphatic carbocycles. The van der Waals surface area contributed by atoms with Gasteiger partial charge in [-0.05, 0) is 74.9 Å². The standard InChI is InChI=1S/C21H28N4O/c1-26-20-5-3-2-4-18(20)19-6-7-21(24-23-19)25-14-10-17(11-15-25)16-8-12-22-13-9-16/h2-7,16-17,22H,8-15H2,1H3. The second-order valence-corrected chi connectivity index (χ2v) is 7.39. The molecule has 5 nitrogen and oxygen atoms in total. The molecule has 1 N–H and O–H groups in total. The number of para-hydroxylation sites is 1. The Morgan fingerprint density at radius 2 is 1.65 bits per heavy atom. The van der Waals surface area contributed by atoms with Gasteiger partial charge in [0.05, 0.1) is 12.8 Å². The van der Waals surface area contributed by atoms with E-state index in [2.05, 4.69) is 32.5 Å². The van der Waals surface area contributed by atoms with Crippen LogP contribution in [-0.4, -0.2) is 43.5 Å². The molecule has 2 aliphatic rings. The number of benzene rings is 1. The van der Waals surface area contributed by atoms with Crippen molar-refractivity contribution in [3.63, 3.8) is 0 Å². The van der Waals surface area contributed by atoms with Gasteiger partial charge >= 0.3 is 0 Å². The Labute approximate surface area is 155 Å². The van der Waals surface area contributed by atoms with Crippen molar-refractivity contribution in [2.75, 3.05) is 38.2 Å². The normalized spacial score (nSPS) is 19.5. The number of anilines is 1. The number of ether oxygens (including phenoxy) is 1. The Morgan fingerprint density at radius 1 is 0.923 bits per heavy atom. The monoisotopic (exact) mass is 352 g/mol. The first-order chi connectivity index (χ1) is 12.8. The van der Waals surface area contributed by atoms with Crippen LogP contribution in [0.4, 0.5) is 5.82 Å². The van der Waals surface area contributed by atoms with Gasteiger partial charge in [0.1, 0.15) is 5.75 Å². The van der Waals surface area contributed by atoms with E-state index in [1.54, 1.807) is 7.11 Å². The molecule has 0 spiro atoms. The Bertz CT molecular complexity index is 704. The number of hydrogen-bond acceptors (Lipinski definition) is 5. The van der Waals surface area contributed by atoms with Gasteiger partial charge in [0.2, 0.25) is 0 Å². The molecular formula is C21H28N4O. The fourth-order valence-corrected chi connectivity index (χ4v) is 4.41. The Balaban J connectivity index is 1.40. The van der Waals surface area contributed by atoms with Crippen LogP contribution >= 0.6 is 0 Å². The van der Waals surface area contributed by atoms with E-state index in [-0.39, 0.29) is 0 Å². The summed E-state index contributed by atoms with van der Waals surface area (Å²) in [6, 6.07) is 12.1. The van der Waals surface area contributed by atoms with E-state index in [0.717, 1.165) is 47.8 Å². The van der Waals surface area contributed by atoms with E-state index in [1.165, 1.54) is 38.8 Å². The molecular weight excluding hydrogens is 324 g/mol. The fourth-order valence-electron chi connectivity index (χ4n) is 4.41. The second kappa shape index (κ2) is 8.04. The molecule has 0 bridgehead atoms. The number of nitrogens with one attached hydrogen (secondary N) is 1. The molecule has 5 heteroatoms. The van der Waals surface area contributed by atoms with Gasteiger partial charge in [-0.2, -0.15) is 0 Å². The molecule has 0 atom stereocenters. The van der Waals surface area contributed by atoms with Crippen molar-refractivity contribution in [1.82, 2.24) is 15.5 Å². The lowest BCUT2D eigenvalue weighted by atomic mass is 9.79. The molecule has 4 rings (SSSR count). The van der Waals surface area contributed by atoms with E-state index >= 15 is 0 Å². The minimum Gasteiger partial charge on any atom is -0.496 e. The van der Waals surface area contributed by atoms with Crippen molar-refractivity contribution in [3.8, 4) is 17.0 Å². The van der Waals surface area contributed by atoms with Crippen LogP contribution in [0.15, 0.2) is 36.4 Å². The molecule has 2 aromatic rings. The van der Waals surface area contributed by atoms with Gasteiger partial charge in [0, 0.05) is 18.7 Å². The minimum absolute atomic E-state index is 0.831. The highest BCUT2D eigenvalue weighted by Crippen LogP contribution is 2.33. The quantitative estimate of drug-likeness (QED) is 0.914. The van der Waals surface area contributed by atoms with Gasteiger partial charge in [-0.25, -0.2) is 0 Å². The molecule has 0 saturated carbocycles. The first-order valence-corrected chi connectivity index (χ1v) is 9.78. The van der Waals surface area contributed by atoms with Gasteiger partial charge in [0.15, 0.2) is 5.82 Å². The summed E-state index contributed by atoms with van der Waals surface area (Å²) in [7, 11) is 1.69. The molecule has 2 fully saturated rings. The first-order valence-electron chi connectivity index (χ1n) is 9.78. The number of rotatable bonds is 4.